The SMILES string of the molecule is CC(CCC(=O)O)NC(=O)C=Cc1ccc(C2CC2C)o1. The van der Waals surface area contributed by atoms with E-state index >= 15 is 0 Å². The number of amides is 1. The summed E-state index contributed by atoms with van der Waals surface area (Å²) in [5.74, 6) is 1.76. The van der Waals surface area contributed by atoms with Crippen molar-refractivity contribution in [2.75, 3.05) is 0 Å². The van der Waals surface area contributed by atoms with Crippen LogP contribution in [0, 0.1) is 5.92 Å². The molecule has 2 rings (SSSR count). The first-order valence-electron chi connectivity index (χ1n) is 7.26. The van der Waals surface area contributed by atoms with Crippen LogP contribution in [0.4, 0.5) is 0 Å². The molecule has 1 aromatic rings. The maximum Gasteiger partial charge on any atom is 0.303 e. The molecule has 0 radical (unpaired) electrons. The second-order valence-electron chi connectivity index (χ2n) is 5.73. The smallest absolute Gasteiger partial charge is 0.303 e. The molecule has 1 heterocycles. The maximum absolute atomic E-state index is 11.7. The minimum atomic E-state index is -0.857. The topological polar surface area (TPSA) is 79.5 Å². The second kappa shape index (κ2) is 6.61. The molecule has 114 valence electrons. The van der Waals surface area contributed by atoms with Crippen LogP contribution in [0.1, 0.15) is 50.5 Å². The van der Waals surface area contributed by atoms with Crippen molar-refractivity contribution in [3.63, 3.8) is 0 Å². The fourth-order valence-corrected chi connectivity index (χ4v) is 2.24. The monoisotopic (exact) mass is 291 g/mol. The van der Waals surface area contributed by atoms with Crippen molar-refractivity contribution in [1.82, 2.24) is 5.32 Å². The standard InChI is InChI=1S/C16H21NO4/c1-10-9-13(10)14-6-4-12(21-14)5-7-15(18)17-11(2)3-8-16(19)20/h4-7,10-11,13H,3,8-9H2,1-2H3,(H,17,18)(H,19,20). The largest absolute Gasteiger partial charge is 0.481 e. The highest BCUT2D eigenvalue weighted by Gasteiger charge is 2.36. The summed E-state index contributed by atoms with van der Waals surface area (Å²) < 4.78 is 5.67. The molecule has 5 nitrogen and oxygen atoms in total. The number of nitrogens with one attached hydrogen (secondary N) is 1. The number of carboxylic acids is 1. The van der Waals surface area contributed by atoms with E-state index in [0.717, 1.165) is 12.2 Å². The van der Waals surface area contributed by atoms with Crippen LogP contribution >= 0.6 is 0 Å². The summed E-state index contributed by atoms with van der Waals surface area (Å²) in [4.78, 5) is 22.1. The van der Waals surface area contributed by atoms with E-state index < -0.39 is 5.97 Å². The highest BCUT2D eigenvalue weighted by molar-refractivity contribution is 5.91. The van der Waals surface area contributed by atoms with E-state index in [1.807, 2.05) is 12.1 Å². The summed E-state index contributed by atoms with van der Waals surface area (Å²) in [7, 11) is 0. The normalized spacial score (nSPS) is 22.2. The van der Waals surface area contributed by atoms with E-state index in [-0.39, 0.29) is 18.4 Å². The number of hydrogen-bond acceptors (Lipinski definition) is 3. The maximum atomic E-state index is 11.7. The number of carbonyl (C=O) groups is 2. The molecule has 1 aromatic heterocycles. The molecule has 1 fully saturated rings. The van der Waals surface area contributed by atoms with Gasteiger partial charge in [-0.15, -0.1) is 0 Å². The van der Waals surface area contributed by atoms with Crippen LogP contribution in [-0.4, -0.2) is 23.0 Å². The molecule has 0 spiro atoms. The van der Waals surface area contributed by atoms with Crippen LogP contribution in [0.25, 0.3) is 6.08 Å². The third-order valence-electron chi connectivity index (χ3n) is 3.70. The van der Waals surface area contributed by atoms with E-state index in [1.165, 1.54) is 6.08 Å². The van der Waals surface area contributed by atoms with Crippen molar-refractivity contribution < 1.29 is 19.1 Å². The first kappa shape index (κ1) is 15.4. The van der Waals surface area contributed by atoms with Gasteiger partial charge < -0.3 is 14.8 Å². The zero-order valence-electron chi connectivity index (χ0n) is 12.3. The predicted octanol–water partition coefficient (Wildman–Crippen LogP) is 2.79. The third-order valence-corrected chi connectivity index (χ3v) is 3.70. The van der Waals surface area contributed by atoms with Gasteiger partial charge in [0.1, 0.15) is 11.5 Å². The van der Waals surface area contributed by atoms with E-state index in [1.54, 1.807) is 13.0 Å². The average molecular weight is 291 g/mol. The number of carbonyl (C=O) groups excluding carboxylic acids is 1. The Morgan fingerprint density at radius 3 is 2.86 bits per heavy atom. The van der Waals surface area contributed by atoms with Gasteiger partial charge in [-0.05, 0) is 43.9 Å². The van der Waals surface area contributed by atoms with Gasteiger partial charge in [-0.1, -0.05) is 6.92 Å². The van der Waals surface area contributed by atoms with Gasteiger partial charge in [0.05, 0.1) is 0 Å². The fourth-order valence-electron chi connectivity index (χ4n) is 2.24. The lowest BCUT2D eigenvalue weighted by molar-refractivity contribution is -0.137. The lowest BCUT2D eigenvalue weighted by atomic mass is 10.2. The summed E-state index contributed by atoms with van der Waals surface area (Å²) in [6.07, 6.45) is 4.68. The Morgan fingerprint density at radius 2 is 2.24 bits per heavy atom. The Kier molecular flexibility index (Phi) is 4.83. The minimum Gasteiger partial charge on any atom is -0.481 e. The Morgan fingerprint density at radius 1 is 1.52 bits per heavy atom. The van der Waals surface area contributed by atoms with Crippen molar-refractivity contribution >= 4 is 18.0 Å². The van der Waals surface area contributed by atoms with Crippen molar-refractivity contribution in [2.45, 2.75) is 45.1 Å². The molecule has 3 atom stereocenters. The Labute approximate surface area is 124 Å². The number of carboxylic acid groups (broad SMARTS) is 1. The van der Waals surface area contributed by atoms with Crippen molar-refractivity contribution in [3.8, 4) is 0 Å². The van der Waals surface area contributed by atoms with Crippen molar-refractivity contribution in [2.24, 2.45) is 5.92 Å². The summed E-state index contributed by atoms with van der Waals surface area (Å²) >= 11 is 0. The molecular formula is C16H21NO4. The number of furan rings is 1. The zero-order valence-corrected chi connectivity index (χ0v) is 12.3. The molecular weight excluding hydrogens is 270 g/mol. The number of hydrogen-bond donors (Lipinski definition) is 2. The Balaban J connectivity index is 1.78. The molecule has 2 N–H and O–H groups in total. The van der Waals surface area contributed by atoms with Gasteiger partial charge >= 0.3 is 5.97 Å². The summed E-state index contributed by atoms with van der Waals surface area (Å²) in [6, 6.07) is 3.65. The summed E-state index contributed by atoms with van der Waals surface area (Å²) in [5.41, 5.74) is 0. The van der Waals surface area contributed by atoms with E-state index in [0.29, 0.717) is 24.0 Å². The van der Waals surface area contributed by atoms with Gasteiger partial charge in [0.15, 0.2) is 0 Å². The van der Waals surface area contributed by atoms with E-state index in [9.17, 15) is 9.59 Å². The average Bonchev–Trinajstić information content (AvgIpc) is 2.97. The van der Waals surface area contributed by atoms with Gasteiger partial charge in [0.25, 0.3) is 0 Å². The Hall–Kier alpha value is -2.04. The van der Waals surface area contributed by atoms with Gasteiger partial charge in [-0.3, -0.25) is 9.59 Å². The molecule has 1 aliphatic carbocycles. The molecule has 5 heteroatoms. The number of rotatable bonds is 7. The van der Waals surface area contributed by atoms with Crippen molar-refractivity contribution in [3.05, 3.63) is 29.7 Å². The molecule has 0 bridgehead atoms. The molecule has 0 aliphatic heterocycles. The summed E-state index contributed by atoms with van der Waals surface area (Å²) in [6.45, 7) is 3.98. The lowest BCUT2D eigenvalue weighted by Gasteiger charge is -2.10. The van der Waals surface area contributed by atoms with Gasteiger partial charge in [-0.2, -0.15) is 0 Å². The van der Waals surface area contributed by atoms with Crippen LogP contribution in [0.3, 0.4) is 0 Å². The van der Waals surface area contributed by atoms with Crippen LogP contribution in [0.15, 0.2) is 22.6 Å². The van der Waals surface area contributed by atoms with E-state index in [2.05, 4.69) is 12.2 Å². The highest BCUT2D eigenvalue weighted by atomic mass is 16.4. The first-order chi connectivity index (χ1) is 9.95. The van der Waals surface area contributed by atoms with Gasteiger partial charge in [-0.25, -0.2) is 0 Å². The molecule has 0 saturated heterocycles. The molecule has 1 aliphatic rings. The van der Waals surface area contributed by atoms with Gasteiger partial charge in [0, 0.05) is 24.5 Å². The first-order valence-corrected chi connectivity index (χ1v) is 7.26. The second-order valence-corrected chi connectivity index (χ2v) is 5.73. The molecule has 21 heavy (non-hydrogen) atoms. The highest BCUT2D eigenvalue weighted by Crippen LogP contribution is 2.47. The Bertz CT molecular complexity index is 546. The van der Waals surface area contributed by atoms with Crippen LogP contribution < -0.4 is 5.32 Å². The quantitative estimate of drug-likeness (QED) is 0.757. The molecule has 1 saturated carbocycles. The van der Waals surface area contributed by atoms with Crippen LogP contribution in [-0.2, 0) is 9.59 Å². The van der Waals surface area contributed by atoms with Gasteiger partial charge in [0.2, 0.25) is 5.91 Å². The molecule has 1 amide bonds. The minimum absolute atomic E-state index is 0.0479. The number of aliphatic carboxylic acids is 1. The van der Waals surface area contributed by atoms with E-state index in [4.69, 9.17) is 9.52 Å². The predicted molar refractivity (Wildman–Crippen MR) is 78.7 cm³/mol. The summed E-state index contributed by atoms with van der Waals surface area (Å²) in [5, 5.41) is 11.3. The van der Waals surface area contributed by atoms with Crippen molar-refractivity contribution in [1.29, 1.82) is 0 Å². The lowest BCUT2D eigenvalue weighted by Crippen LogP contribution is -2.31. The molecule has 0 aromatic carbocycles. The molecule has 3 unspecified atom stereocenters. The van der Waals surface area contributed by atoms with Crippen LogP contribution in [0.5, 0.6) is 0 Å². The zero-order chi connectivity index (χ0) is 15.4. The third kappa shape index (κ3) is 4.77. The fraction of sp³-hybridized carbons (Fsp3) is 0.500. The van der Waals surface area contributed by atoms with Crippen LogP contribution in [0.2, 0.25) is 0 Å².